The fourth-order valence-electron chi connectivity index (χ4n) is 4.00. The third kappa shape index (κ3) is 4.23. The average molecular weight is 456 g/mol. The summed E-state index contributed by atoms with van der Waals surface area (Å²) in [4.78, 5) is 20.3. The minimum atomic E-state index is -0.555. The Balaban J connectivity index is 1.87. The van der Waals surface area contributed by atoms with E-state index in [1.165, 1.54) is 15.3 Å². The van der Waals surface area contributed by atoms with Crippen molar-refractivity contribution in [3.8, 4) is 0 Å². The summed E-state index contributed by atoms with van der Waals surface area (Å²) < 4.78 is 5.60. The molecule has 0 radical (unpaired) electrons. The summed E-state index contributed by atoms with van der Waals surface area (Å²) in [6.45, 7) is 11.9. The van der Waals surface area contributed by atoms with E-state index >= 15 is 0 Å². The number of ether oxygens (including phenoxy) is 1. The molecule has 0 amide bonds. The number of rotatable bonds is 3. The van der Waals surface area contributed by atoms with Gasteiger partial charge in [0.2, 0.25) is 0 Å². The molecule has 0 aliphatic carbocycles. The Hall–Kier alpha value is -2.31. The molecule has 2 aliphatic heterocycles. The number of halogens is 1. The van der Waals surface area contributed by atoms with Crippen LogP contribution in [0.25, 0.3) is 0 Å². The number of carbonyl (C=O) groups excluding carboxylic acids is 1. The smallest absolute Gasteiger partial charge is 0.308 e. The fourth-order valence-corrected chi connectivity index (χ4v) is 5.48. The van der Waals surface area contributed by atoms with E-state index in [0.29, 0.717) is 5.02 Å². The first kappa shape index (κ1) is 21.9. The molecule has 3 heterocycles. The second-order valence-corrected chi connectivity index (χ2v) is 10.7. The van der Waals surface area contributed by atoms with Gasteiger partial charge in [-0.2, -0.15) is 10.2 Å². The third-order valence-electron chi connectivity index (χ3n) is 5.47. The van der Waals surface area contributed by atoms with Gasteiger partial charge < -0.3 is 4.74 Å². The summed E-state index contributed by atoms with van der Waals surface area (Å²) in [5.41, 5.74) is 5.34. The highest BCUT2D eigenvalue weighted by Crippen LogP contribution is 2.41. The molecule has 2 unspecified atom stereocenters. The van der Waals surface area contributed by atoms with Crippen LogP contribution in [0.3, 0.4) is 0 Å². The molecule has 0 N–H and O–H groups in total. The SMILES string of the molecule is CC1=NN=C2C(CC(=O)OC(C)(C)C)N=C(c3ccc(Cl)cc3)c3c(sc(C)c3C)C12. The van der Waals surface area contributed by atoms with Crippen molar-refractivity contribution < 1.29 is 9.53 Å². The molecule has 2 atom stereocenters. The summed E-state index contributed by atoms with van der Waals surface area (Å²) in [6, 6.07) is 7.25. The summed E-state index contributed by atoms with van der Waals surface area (Å²) >= 11 is 7.90. The maximum atomic E-state index is 12.7. The maximum absolute atomic E-state index is 12.7. The summed E-state index contributed by atoms with van der Waals surface area (Å²) in [6.07, 6.45) is 0.124. The lowest BCUT2D eigenvalue weighted by Crippen LogP contribution is -2.31. The molecule has 0 saturated heterocycles. The van der Waals surface area contributed by atoms with Crippen LogP contribution in [0.4, 0.5) is 0 Å². The Morgan fingerprint density at radius 3 is 2.45 bits per heavy atom. The molecule has 0 fully saturated rings. The summed E-state index contributed by atoms with van der Waals surface area (Å²) in [5.74, 6) is -0.353. The van der Waals surface area contributed by atoms with E-state index in [9.17, 15) is 4.79 Å². The molecule has 7 heteroatoms. The number of aryl methyl sites for hydroxylation is 1. The Bertz CT molecular complexity index is 1140. The summed E-state index contributed by atoms with van der Waals surface area (Å²) in [5, 5.41) is 9.53. The molecule has 5 nitrogen and oxygen atoms in total. The molecule has 2 aliphatic rings. The van der Waals surface area contributed by atoms with Gasteiger partial charge >= 0.3 is 5.97 Å². The highest BCUT2D eigenvalue weighted by atomic mass is 35.5. The lowest BCUT2D eigenvalue weighted by atomic mass is 9.88. The third-order valence-corrected chi connectivity index (χ3v) is 7.00. The lowest BCUT2D eigenvalue weighted by Gasteiger charge is -2.22. The average Bonchev–Trinajstić information content (AvgIpc) is 3.14. The Morgan fingerprint density at radius 1 is 1.13 bits per heavy atom. The molecule has 0 spiro atoms. The van der Waals surface area contributed by atoms with Crippen molar-refractivity contribution in [1.29, 1.82) is 0 Å². The van der Waals surface area contributed by atoms with E-state index < -0.39 is 11.6 Å². The number of esters is 1. The number of benzene rings is 1. The molecular weight excluding hydrogens is 430 g/mol. The van der Waals surface area contributed by atoms with Gasteiger partial charge in [0.05, 0.1) is 29.5 Å². The van der Waals surface area contributed by atoms with Crippen LogP contribution in [0.5, 0.6) is 0 Å². The first-order valence-corrected chi connectivity index (χ1v) is 11.5. The number of nitrogens with zero attached hydrogens (tertiary/aromatic N) is 3. The van der Waals surface area contributed by atoms with Gasteiger partial charge in [-0.25, -0.2) is 0 Å². The van der Waals surface area contributed by atoms with Gasteiger partial charge in [0.1, 0.15) is 11.6 Å². The summed E-state index contributed by atoms with van der Waals surface area (Å²) in [7, 11) is 0. The van der Waals surface area contributed by atoms with E-state index in [2.05, 4.69) is 24.1 Å². The molecule has 0 bridgehead atoms. The number of hydrogen-bond donors (Lipinski definition) is 0. The second-order valence-electron chi connectivity index (χ2n) is 9.01. The van der Waals surface area contributed by atoms with E-state index in [4.69, 9.17) is 21.3 Å². The van der Waals surface area contributed by atoms with Crippen LogP contribution >= 0.6 is 22.9 Å². The van der Waals surface area contributed by atoms with Crippen LogP contribution < -0.4 is 0 Å². The number of fused-ring (bicyclic) bond motifs is 3. The topological polar surface area (TPSA) is 63.4 Å². The van der Waals surface area contributed by atoms with E-state index in [-0.39, 0.29) is 18.3 Å². The van der Waals surface area contributed by atoms with Gasteiger partial charge in [-0.15, -0.1) is 11.3 Å². The minimum Gasteiger partial charge on any atom is -0.460 e. The van der Waals surface area contributed by atoms with E-state index in [1.54, 1.807) is 11.3 Å². The van der Waals surface area contributed by atoms with E-state index in [1.807, 2.05) is 52.0 Å². The van der Waals surface area contributed by atoms with Crippen molar-refractivity contribution in [2.45, 2.75) is 65.5 Å². The first-order valence-electron chi connectivity index (χ1n) is 10.3. The van der Waals surface area contributed by atoms with E-state index in [0.717, 1.165) is 28.3 Å². The molecule has 4 rings (SSSR count). The molecule has 0 saturated carbocycles. The van der Waals surface area contributed by atoms with Gasteiger partial charge in [-0.05, 0) is 59.2 Å². The Kier molecular flexibility index (Phi) is 5.64. The van der Waals surface area contributed by atoms with Crippen molar-refractivity contribution in [3.05, 3.63) is 55.7 Å². The van der Waals surface area contributed by atoms with Crippen LogP contribution in [0.2, 0.25) is 5.02 Å². The monoisotopic (exact) mass is 455 g/mol. The Labute approximate surface area is 191 Å². The predicted octanol–water partition coefficient (Wildman–Crippen LogP) is 5.88. The quantitative estimate of drug-likeness (QED) is 0.542. The molecular formula is C24H26ClN3O2S. The molecule has 2 aromatic rings. The van der Waals surface area contributed by atoms with Crippen LogP contribution in [0.15, 0.2) is 39.5 Å². The highest BCUT2D eigenvalue weighted by molar-refractivity contribution is 7.13. The molecule has 31 heavy (non-hydrogen) atoms. The standard InChI is InChI=1S/C24H26ClN3O2S/c1-12-14(3)31-23-19(12)21(15-7-9-16(25)10-8-15)26-17(11-18(29)30-24(4,5)6)22-20(23)13(2)27-28-22/h7-10,17,20H,11H2,1-6H3. The van der Waals surface area contributed by atoms with Crippen molar-refractivity contribution in [3.63, 3.8) is 0 Å². The Morgan fingerprint density at radius 2 is 1.81 bits per heavy atom. The van der Waals surface area contributed by atoms with Crippen LogP contribution in [-0.2, 0) is 9.53 Å². The zero-order valence-electron chi connectivity index (χ0n) is 18.6. The normalized spacial score (nSPS) is 20.3. The number of carbonyl (C=O) groups is 1. The zero-order valence-corrected chi connectivity index (χ0v) is 20.2. The van der Waals surface area contributed by atoms with Crippen LogP contribution in [0, 0.1) is 13.8 Å². The van der Waals surface area contributed by atoms with Gasteiger partial charge in [-0.1, -0.05) is 23.7 Å². The van der Waals surface area contributed by atoms with Crippen LogP contribution in [-0.4, -0.2) is 34.7 Å². The molecule has 1 aromatic carbocycles. The van der Waals surface area contributed by atoms with Gasteiger partial charge in [0, 0.05) is 25.9 Å². The minimum absolute atomic E-state index is 0.0617. The highest BCUT2D eigenvalue weighted by Gasteiger charge is 2.40. The van der Waals surface area contributed by atoms with Crippen molar-refractivity contribution in [2.24, 2.45) is 15.2 Å². The fraction of sp³-hybridized carbons (Fsp3) is 0.417. The van der Waals surface area contributed by atoms with Gasteiger partial charge in [-0.3, -0.25) is 9.79 Å². The molecule has 1 aromatic heterocycles. The lowest BCUT2D eigenvalue weighted by molar-refractivity contribution is -0.154. The number of hydrogen-bond acceptors (Lipinski definition) is 6. The van der Waals surface area contributed by atoms with Crippen molar-refractivity contribution in [1.82, 2.24) is 0 Å². The first-order chi connectivity index (χ1) is 14.5. The zero-order chi connectivity index (χ0) is 22.5. The van der Waals surface area contributed by atoms with Gasteiger partial charge in [0.25, 0.3) is 0 Å². The largest absolute Gasteiger partial charge is 0.460 e. The van der Waals surface area contributed by atoms with Crippen molar-refractivity contribution >= 4 is 46.0 Å². The number of aliphatic imine (C=N–C) groups is 1. The van der Waals surface area contributed by atoms with Crippen molar-refractivity contribution in [2.75, 3.05) is 0 Å². The predicted molar refractivity (Wildman–Crippen MR) is 128 cm³/mol. The molecule has 162 valence electrons. The second kappa shape index (κ2) is 7.99. The number of thiophene rings is 1. The van der Waals surface area contributed by atoms with Gasteiger partial charge in [0.15, 0.2) is 0 Å². The van der Waals surface area contributed by atoms with Crippen LogP contribution in [0.1, 0.15) is 66.5 Å². The maximum Gasteiger partial charge on any atom is 0.308 e.